The number of unbranched alkanes of at least 4 members (excludes halogenated alkanes) is 9. The van der Waals surface area contributed by atoms with E-state index >= 15 is 0 Å². The number of rotatable bonds is 16. The van der Waals surface area contributed by atoms with Crippen LogP contribution in [0.1, 0.15) is 84.5 Å². The van der Waals surface area contributed by atoms with Crippen molar-refractivity contribution in [1.29, 1.82) is 0 Å². The normalized spacial score (nSPS) is 10.6. The van der Waals surface area contributed by atoms with Crippen LogP contribution < -0.4 is 0 Å². The minimum Gasteiger partial charge on any atom is -0.462 e. The lowest BCUT2D eigenvalue weighted by Gasteiger charge is -2.05. The fourth-order valence-corrected chi connectivity index (χ4v) is 2.21. The molecule has 0 aliphatic heterocycles. The van der Waals surface area contributed by atoms with Crippen LogP contribution in [0.2, 0.25) is 0 Å². The van der Waals surface area contributed by atoms with E-state index in [2.05, 4.69) is 13.5 Å². The van der Waals surface area contributed by atoms with Gasteiger partial charge in [0.05, 0.1) is 6.61 Å². The number of esters is 1. The predicted octanol–water partition coefficient (Wildman–Crippen LogP) is 5.43. The smallest absolute Gasteiger partial charge is 0.333 e. The summed E-state index contributed by atoms with van der Waals surface area (Å²) in [5, 5.41) is 0. The highest BCUT2D eigenvalue weighted by Gasteiger charge is 2.01. The Labute approximate surface area is 137 Å². The van der Waals surface area contributed by atoms with Gasteiger partial charge in [-0.25, -0.2) is 4.79 Å². The second-order valence-electron chi connectivity index (χ2n) is 6.06. The number of hydrogen-bond acceptors (Lipinski definition) is 3. The summed E-state index contributed by atoms with van der Waals surface area (Å²) in [5.74, 6) is -0.280. The molecular formula is C19H36O3. The molecule has 130 valence electrons. The van der Waals surface area contributed by atoms with Gasteiger partial charge in [0.1, 0.15) is 0 Å². The second kappa shape index (κ2) is 16.5. The maximum absolute atomic E-state index is 11.1. The SMILES string of the molecule is C=C(C)C(=O)OCCCCCCOCCCCCCCCC. The Bertz CT molecular complexity index is 274. The van der Waals surface area contributed by atoms with E-state index in [1.807, 2.05) is 0 Å². The van der Waals surface area contributed by atoms with Crippen molar-refractivity contribution in [3.8, 4) is 0 Å². The van der Waals surface area contributed by atoms with Gasteiger partial charge in [-0.3, -0.25) is 0 Å². The fourth-order valence-electron chi connectivity index (χ4n) is 2.21. The average molecular weight is 312 g/mol. The third-order valence-corrected chi connectivity index (χ3v) is 3.66. The molecule has 0 rings (SSSR count). The van der Waals surface area contributed by atoms with Crippen molar-refractivity contribution in [2.24, 2.45) is 0 Å². The van der Waals surface area contributed by atoms with Gasteiger partial charge in [-0.2, -0.15) is 0 Å². The van der Waals surface area contributed by atoms with Crippen LogP contribution in [0.5, 0.6) is 0 Å². The standard InChI is InChI=1S/C19H36O3/c1-4-5-6-7-8-9-12-15-21-16-13-10-11-14-17-22-19(20)18(2)3/h2,4-17H2,1,3H3. The third-order valence-electron chi connectivity index (χ3n) is 3.66. The van der Waals surface area contributed by atoms with Crippen molar-refractivity contribution in [2.45, 2.75) is 84.5 Å². The Morgan fingerprint density at radius 3 is 1.73 bits per heavy atom. The maximum Gasteiger partial charge on any atom is 0.333 e. The van der Waals surface area contributed by atoms with E-state index in [1.54, 1.807) is 6.92 Å². The van der Waals surface area contributed by atoms with Gasteiger partial charge in [0.2, 0.25) is 0 Å². The molecule has 0 fully saturated rings. The molecule has 3 nitrogen and oxygen atoms in total. The molecule has 0 aliphatic carbocycles. The molecule has 0 atom stereocenters. The monoisotopic (exact) mass is 312 g/mol. The first kappa shape index (κ1) is 21.2. The Morgan fingerprint density at radius 2 is 1.23 bits per heavy atom. The molecule has 0 spiro atoms. The van der Waals surface area contributed by atoms with Crippen molar-refractivity contribution in [3.05, 3.63) is 12.2 Å². The zero-order valence-electron chi connectivity index (χ0n) is 14.8. The average Bonchev–Trinajstić information content (AvgIpc) is 2.50. The fraction of sp³-hybridized carbons (Fsp3) is 0.842. The summed E-state index contributed by atoms with van der Waals surface area (Å²) in [6.07, 6.45) is 13.6. The first-order valence-electron chi connectivity index (χ1n) is 9.08. The molecule has 0 saturated carbocycles. The van der Waals surface area contributed by atoms with Gasteiger partial charge < -0.3 is 9.47 Å². The highest BCUT2D eigenvalue weighted by Crippen LogP contribution is 2.07. The van der Waals surface area contributed by atoms with Crippen LogP contribution in [-0.4, -0.2) is 25.8 Å². The lowest BCUT2D eigenvalue weighted by Crippen LogP contribution is -2.06. The Balaban J connectivity index is 3.05. The lowest BCUT2D eigenvalue weighted by molar-refractivity contribution is -0.139. The van der Waals surface area contributed by atoms with Crippen molar-refractivity contribution < 1.29 is 14.3 Å². The van der Waals surface area contributed by atoms with Crippen molar-refractivity contribution in [2.75, 3.05) is 19.8 Å². The van der Waals surface area contributed by atoms with Crippen molar-refractivity contribution in [3.63, 3.8) is 0 Å². The Morgan fingerprint density at radius 1 is 0.773 bits per heavy atom. The number of carbonyl (C=O) groups excluding carboxylic acids is 1. The van der Waals surface area contributed by atoms with Crippen LogP contribution in [0.15, 0.2) is 12.2 Å². The molecule has 0 aromatic carbocycles. The van der Waals surface area contributed by atoms with E-state index < -0.39 is 0 Å². The Hall–Kier alpha value is -0.830. The Kier molecular flexibility index (Phi) is 15.9. The highest BCUT2D eigenvalue weighted by atomic mass is 16.5. The summed E-state index contributed by atoms with van der Waals surface area (Å²) < 4.78 is 10.7. The molecule has 22 heavy (non-hydrogen) atoms. The van der Waals surface area contributed by atoms with Crippen LogP contribution in [0.4, 0.5) is 0 Å². The molecule has 0 aliphatic rings. The summed E-state index contributed by atoms with van der Waals surface area (Å²) in [6, 6.07) is 0. The topological polar surface area (TPSA) is 35.5 Å². The molecule has 0 saturated heterocycles. The molecule has 0 heterocycles. The zero-order valence-corrected chi connectivity index (χ0v) is 14.8. The van der Waals surface area contributed by atoms with E-state index in [0.717, 1.165) is 38.9 Å². The summed E-state index contributed by atoms with van der Waals surface area (Å²) >= 11 is 0. The van der Waals surface area contributed by atoms with Crippen molar-refractivity contribution in [1.82, 2.24) is 0 Å². The summed E-state index contributed by atoms with van der Waals surface area (Å²) in [4.78, 5) is 11.1. The number of carbonyl (C=O) groups is 1. The quantitative estimate of drug-likeness (QED) is 0.216. The van der Waals surface area contributed by atoms with E-state index in [0.29, 0.717) is 12.2 Å². The van der Waals surface area contributed by atoms with Gasteiger partial charge >= 0.3 is 5.97 Å². The molecular weight excluding hydrogens is 276 g/mol. The largest absolute Gasteiger partial charge is 0.462 e. The highest BCUT2D eigenvalue weighted by molar-refractivity contribution is 5.86. The second-order valence-corrected chi connectivity index (χ2v) is 6.06. The molecule has 0 bridgehead atoms. The maximum atomic E-state index is 11.1. The van der Waals surface area contributed by atoms with E-state index in [4.69, 9.17) is 9.47 Å². The van der Waals surface area contributed by atoms with Crippen LogP contribution in [0.25, 0.3) is 0 Å². The minimum absolute atomic E-state index is 0.280. The van der Waals surface area contributed by atoms with Gasteiger partial charge in [-0.1, -0.05) is 58.4 Å². The predicted molar refractivity (Wildman–Crippen MR) is 93.1 cm³/mol. The van der Waals surface area contributed by atoms with E-state index in [-0.39, 0.29) is 5.97 Å². The third kappa shape index (κ3) is 15.6. The van der Waals surface area contributed by atoms with E-state index in [9.17, 15) is 4.79 Å². The molecule has 3 heteroatoms. The molecule has 0 radical (unpaired) electrons. The van der Waals surface area contributed by atoms with Crippen LogP contribution >= 0.6 is 0 Å². The zero-order chi connectivity index (χ0) is 16.5. The van der Waals surface area contributed by atoms with Gasteiger partial charge in [-0.05, 0) is 32.6 Å². The van der Waals surface area contributed by atoms with Crippen LogP contribution in [-0.2, 0) is 14.3 Å². The molecule has 0 aromatic rings. The van der Waals surface area contributed by atoms with Gasteiger partial charge in [0.25, 0.3) is 0 Å². The van der Waals surface area contributed by atoms with Crippen molar-refractivity contribution >= 4 is 5.97 Å². The lowest BCUT2D eigenvalue weighted by atomic mass is 10.1. The van der Waals surface area contributed by atoms with Gasteiger partial charge in [-0.15, -0.1) is 0 Å². The molecule has 0 aromatic heterocycles. The molecule has 0 unspecified atom stereocenters. The van der Waals surface area contributed by atoms with Crippen LogP contribution in [0.3, 0.4) is 0 Å². The molecule has 0 N–H and O–H groups in total. The summed E-state index contributed by atoms with van der Waals surface area (Å²) in [5.41, 5.74) is 0.471. The molecule has 0 amide bonds. The van der Waals surface area contributed by atoms with Crippen LogP contribution in [0, 0.1) is 0 Å². The number of hydrogen-bond donors (Lipinski definition) is 0. The summed E-state index contributed by atoms with van der Waals surface area (Å²) in [6.45, 7) is 9.75. The first-order valence-corrected chi connectivity index (χ1v) is 9.08. The first-order chi connectivity index (χ1) is 10.7. The van der Waals surface area contributed by atoms with E-state index in [1.165, 1.54) is 44.9 Å². The summed E-state index contributed by atoms with van der Waals surface area (Å²) in [7, 11) is 0. The minimum atomic E-state index is -0.280. The van der Waals surface area contributed by atoms with Gasteiger partial charge in [0, 0.05) is 18.8 Å². The van der Waals surface area contributed by atoms with Gasteiger partial charge in [0.15, 0.2) is 0 Å². The number of ether oxygens (including phenoxy) is 2.